The lowest BCUT2D eigenvalue weighted by Gasteiger charge is -2.11. The van der Waals surface area contributed by atoms with E-state index >= 15 is 0 Å². The zero-order valence-electron chi connectivity index (χ0n) is 8.75. The van der Waals surface area contributed by atoms with Crippen molar-refractivity contribution in [1.29, 1.82) is 0 Å². The first kappa shape index (κ1) is 13.5. The van der Waals surface area contributed by atoms with Gasteiger partial charge < -0.3 is 11.1 Å². The molecule has 3 N–H and O–H groups in total. The van der Waals surface area contributed by atoms with Crippen molar-refractivity contribution in [2.24, 2.45) is 5.73 Å². The number of halogens is 2. The molecule has 0 saturated heterocycles. The standard InChI is InChI=1S/C11H14BrClN2O/c12-5-6-15-11(16)10(14)7-8-1-3-9(13)4-2-8/h1-4,10H,5-7,14H2,(H,15,16)/t10-/m0/s1. The number of rotatable bonds is 5. The van der Waals surface area contributed by atoms with Crippen LogP contribution in [0.1, 0.15) is 5.56 Å². The average molecular weight is 306 g/mol. The molecule has 0 radical (unpaired) electrons. The van der Waals surface area contributed by atoms with Crippen molar-refractivity contribution < 1.29 is 4.79 Å². The Bertz CT molecular complexity index is 342. The molecule has 1 atom stereocenters. The summed E-state index contributed by atoms with van der Waals surface area (Å²) in [4.78, 5) is 11.5. The van der Waals surface area contributed by atoms with E-state index in [4.69, 9.17) is 17.3 Å². The number of nitrogens with two attached hydrogens (primary N) is 1. The Morgan fingerprint density at radius 1 is 1.44 bits per heavy atom. The van der Waals surface area contributed by atoms with Crippen LogP contribution >= 0.6 is 27.5 Å². The van der Waals surface area contributed by atoms with Crippen molar-refractivity contribution in [2.75, 3.05) is 11.9 Å². The molecule has 0 aliphatic heterocycles. The zero-order chi connectivity index (χ0) is 12.0. The average Bonchev–Trinajstić information content (AvgIpc) is 2.29. The lowest BCUT2D eigenvalue weighted by molar-refractivity contribution is -0.122. The number of nitrogens with one attached hydrogen (secondary N) is 1. The number of benzene rings is 1. The van der Waals surface area contributed by atoms with E-state index in [1.807, 2.05) is 12.1 Å². The highest BCUT2D eigenvalue weighted by Crippen LogP contribution is 2.10. The Labute approximate surface area is 108 Å². The summed E-state index contributed by atoms with van der Waals surface area (Å²) in [5.74, 6) is -0.130. The second-order valence-electron chi connectivity index (χ2n) is 3.42. The molecule has 0 unspecified atom stereocenters. The fourth-order valence-corrected chi connectivity index (χ4v) is 1.59. The molecular formula is C11H14BrClN2O. The predicted octanol–water partition coefficient (Wildman–Crippen LogP) is 1.72. The summed E-state index contributed by atoms with van der Waals surface area (Å²) < 4.78 is 0. The van der Waals surface area contributed by atoms with Gasteiger partial charge in [-0.25, -0.2) is 0 Å². The number of carbonyl (C=O) groups excluding carboxylic acids is 1. The number of carbonyl (C=O) groups is 1. The third kappa shape index (κ3) is 4.51. The van der Waals surface area contributed by atoms with Crippen LogP contribution in [-0.4, -0.2) is 23.8 Å². The minimum Gasteiger partial charge on any atom is -0.354 e. The Kier molecular flexibility index (Phi) is 5.80. The third-order valence-electron chi connectivity index (χ3n) is 2.10. The van der Waals surface area contributed by atoms with Gasteiger partial charge in [-0.2, -0.15) is 0 Å². The van der Waals surface area contributed by atoms with Gasteiger partial charge in [-0.1, -0.05) is 39.7 Å². The van der Waals surface area contributed by atoms with E-state index in [2.05, 4.69) is 21.2 Å². The summed E-state index contributed by atoms with van der Waals surface area (Å²) >= 11 is 9.00. The van der Waals surface area contributed by atoms with E-state index in [9.17, 15) is 4.79 Å². The second-order valence-corrected chi connectivity index (χ2v) is 4.65. The van der Waals surface area contributed by atoms with Crippen molar-refractivity contribution in [3.63, 3.8) is 0 Å². The lowest BCUT2D eigenvalue weighted by Crippen LogP contribution is -2.42. The third-order valence-corrected chi connectivity index (χ3v) is 2.75. The van der Waals surface area contributed by atoms with Crippen LogP contribution in [0.2, 0.25) is 5.02 Å². The first-order valence-corrected chi connectivity index (χ1v) is 6.47. The Morgan fingerprint density at radius 3 is 2.62 bits per heavy atom. The largest absolute Gasteiger partial charge is 0.354 e. The van der Waals surface area contributed by atoms with E-state index in [1.165, 1.54) is 0 Å². The van der Waals surface area contributed by atoms with Gasteiger partial charge in [0.05, 0.1) is 6.04 Å². The Balaban J connectivity index is 2.47. The van der Waals surface area contributed by atoms with Crippen molar-refractivity contribution >= 4 is 33.4 Å². The lowest BCUT2D eigenvalue weighted by atomic mass is 10.1. The van der Waals surface area contributed by atoms with Crippen LogP contribution in [0.3, 0.4) is 0 Å². The summed E-state index contributed by atoms with van der Waals surface area (Å²) in [6, 6.07) is 6.82. The van der Waals surface area contributed by atoms with Crippen LogP contribution in [0.25, 0.3) is 0 Å². The van der Waals surface area contributed by atoms with Crippen molar-refractivity contribution in [1.82, 2.24) is 5.32 Å². The highest BCUT2D eigenvalue weighted by molar-refractivity contribution is 9.09. The van der Waals surface area contributed by atoms with Gasteiger partial charge in [0.2, 0.25) is 5.91 Å². The molecular weight excluding hydrogens is 291 g/mol. The summed E-state index contributed by atoms with van der Waals surface area (Å²) in [5, 5.41) is 4.14. The van der Waals surface area contributed by atoms with Gasteiger partial charge >= 0.3 is 0 Å². The number of amides is 1. The minimum atomic E-state index is -0.514. The van der Waals surface area contributed by atoms with Gasteiger partial charge in [-0.15, -0.1) is 0 Å². The van der Waals surface area contributed by atoms with Gasteiger partial charge in [0.15, 0.2) is 0 Å². The van der Waals surface area contributed by atoms with E-state index in [0.717, 1.165) is 10.9 Å². The molecule has 0 saturated carbocycles. The molecule has 5 heteroatoms. The van der Waals surface area contributed by atoms with Gasteiger partial charge in [0, 0.05) is 16.9 Å². The molecule has 0 bridgehead atoms. The number of hydrogen-bond donors (Lipinski definition) is 2. The first-order chi connectivity index (χ1) is 7.63. The molecule has 0 fully saturated rings. The molecule has 1 amide bonds. The molecule has 0 aromatic heterocycles. The maximum absolute atomic E-state index is 11.5. The van der Waals surface area contributed by atoms with Crippen LogP contribution in [0, 0.1) is 0 Å². The highest BCUT2D eigenvalue weighted by Gasteiger charge is 2.12. The SMILES string of the molecule is N[C@@H](Cc1ccc(Cl)cc1)C(=O)NCCBr. The molecule has 88 valence electrons. The molecule has 3 nitrogen and oxygen atoms in total. The van der Waals surface area contributed by atoms with Crippen molar-refractivity contribution in [2.45, 2.75) is 12.5 Å². The summed E-state index contributed by atoms with van der Waals surface area (Å²) in [6.45, 7) is 0.590. The monoisotopic (exact) mass is 304 g/mol. The summed E-state index contributed by atoms with van der Waals surface area (Å²) in [7, 11) is 0. The van der Waals surface area contributed by atoms with Crippen LogP contribution in [0.5, 0.6) is 0 Å². The highest BCUT2D eigenvalue weighted by atomic mass is 79.9. The Hall–Kier alpha value is -0.580. The van der Waals surface area contributed by atoms with Gasteiger partial charge in [0.1, 0.15) is 0 Å². The zero-order valence-corrected chi connectivity index (χ0v) is 11.1. The van der Waals surface area contributed by atoms with E-state index < -0.39 is 6.04 Å². The molecule has 0 aliphatic carbocycles. The van der Waals surface area contributed by atoms with Gasteiger partial charge in [-0.3, -0.25) is 4.79 Å². The molecule has 1 aromatic rings. The van der Waals surface area contributed by atoms with E-state index in [1.54, 1.807) is 12.1 Å². The molecule has 0 aliphatic rings. The van der Waals surface area contributed by atoms with E-state index in [-0.39, 0.29) is 5.91 Å². The topological polar surface area (TPSA) is 55.1 Å². The van der Waals surface area contributed by atoms with Crippen molar-refractivity contribution in [3.8, 4) is 0 Å². The molecule has 0 heterocycles. The second kappa shape index (κ2) is 6.89. The molecule has 0 spiro atoms. The molecule has 16 heavy (non-hydrogen) atoms. The quantitative estimate of drug-likeness (QED) is 0.814. The van der Waals surface area contributed by atoms with E-state index in [0.29, 0.717) is 18.0 Å². The fourth-order valence-electron chi connectivity index (χ4n) is 1.27. The number of hydrogen-bond acceptors (Lipinski definition) is 2. The van der Waals surface area contributed by atoms with Crippen LogP contribution < -0.4 is 11.1 Å². The van der Waals surface area contributed by atoms with Gasteiger partial charge in [0.25, 0.3) is 0 Å². The Morgan fingerprint density at radius 2 is 2.06 bits per heavy atom. The summed E-state index contributed by atoms with van der Waals surface area (Å²) in [5.41, 5.74) is 6.77. The molecule has 1 rings (SSSR count). The smallest absolute Gasteiger partial charge is 0.237 e. The van der Waals surface area contributed by atoms with Crippen molar-refractivity contribution in [3.05, 3.63) is 34.9 Å². The normalized spacial score (nSPS) is 12.2. The minimum absolute atomic E-state index is 0.130. The van der Waals surface area contributed by atoms with Gasteiger partial charge in [-0.05, 0) is 24.1 Å². The van der Waals surface area contributed by atoms with Crippen LogP contribution in [0.15, 0.2) is 24.3 Å². The number of alkyl halides is 1. The van der Waals surface area contributed by atoms with Crippen LogP contribution in [0.4, 0.5) is 0 Å². The predicted molar refractivity (Wildman–Crippen MR) is 69.9 cm³/mol. The van der Waals surface area contributed by atoms with Crippen LogP contribution in [-0.2, 0) is 11.2 Å². The first-order valence-electron chi connectivity index (χ1n) is 4.97. The fraction of sp³-hybridized carbons (Fsp3) is 0.364. The summed E-state index contributed by atoms with van der Waals surface area (Å²) in [6.07, 6.45) is 0.519. The maximum atomic E-state index is 11.5. The maximum Gasteiger partial charge on any atom is 0.237 e. The molecule has 1 aromatic carbocycles.